The van der Waals surface area contributed by atoms with Crippen molar-refractivity contribution in [3.8, 4) is 5.75 Å². The molecule has 1 fully saturated rings. The van der Waals surface area contributed by atoms with E-state index < -0.39 is 0 Å². The van der Waals surface area contributed by atoms with Gasteiger partial charge in [-0.25, -0.2) is 4.39 Å². The zero-order valence-electron chi connectivity index (χ0n) is 11.7. The maximum absolute atomic E-state index is 13.7. The van der Waals surface area contributed by atoms with Crippen molar-refractivity contribution in [2.45, 2.75) is 51.5 Å². The molecule has 1 unspecified atom stereocenters. The monoisotopic (exact) mass is 265 g/mol. The first kappa shape index (κ1) is 14.3. The van der Waals surface area contributed by atoms with E-state index in [4.69, 9.17) is 0 Å². The summed E-state index contributed by atoms with van der Waals surface area (Å²) in [6.07, 6.45) is 8.01. The molecule has 1 aliphatic carbocycles. The van der Waals surface area contributed by atoms with Gasteiger partial charge in [0.25, 0.3) is 0 Å². The topological polar surface area (TPSA) is 32.3 Å². The highest BCUT2D eigenvalue weighted by molar-refractivity contribution is 5.29. The smallest absolute Gasteiger partial charge is 0.131 e. The van der Waals surface area contributed by atoms with Gasteiger partial charge in [0.2, 0.25) is 0 Å². The zero-order valence-corrected chi connectivity index (χ0v) is 11.7. The van der Waals surface area contributed by atoms with Gasteiger partial charge in [0, 0.05) is 17.7 Å². The van der Waals surface area contributed by atoms with Gasteiger partial charge in [0.15, 0.2) is 0 Å². The van der Waals surface area contributed by atoms with Crippen LogP contribution in [0, 0.1) is 11.7 Å². The molecular formula is C16H24FNO. The highest BCUT2D eigenvalue weighted by atomic mass is 19.1. The van der Waals surface area contributed by atoms with Crippen LogP contribution >= 0.6 is 0 Å². The number of aromatic hydroxyl groups is 1. The second-order valence-electron chi connectivity index (χ2n) is 5.67. The van der Waals surface area contributed by atoms with Crippen LogP contribution in [0.2, 0.25) is 0 Å². The van der Waals surface area contributed by atoms with Crippen LogP contribution in [-0.2, 0) is 0 Å². The van der Waals surface area contributed by atoms with Gasteiger partial charge in [-0.2, -0.15) is 0 Å². The fourth-order valence-corrected chi connectivity index (χ4v) is 2.96. The molecule has 0 aromatic heterocycles. The Morgan fingerprint density at radius 2 is 2.05 bits per heavy atom. The fourth-order valence-electron chi connectivity index (χ4n) is 2.96. The Morgan fingerprint density at radius 1 is 1.32 bits per heavy atom. The van der Waals surface area contributed by atoms with Crippen LogP contribution in [0.25, 0.3) is 0 Å². The first-order valence-corrected chi connectivity index (χ1v) is 7.38. The molecular weight excluding hydrogens is 241 g/mol. The molecule has 2 N–H and O–H groups in total. The summed E-state index contributed by atoms with van der Waals surface area (Å²) in [5, 5.41) is 12.6. The van der Waals surface area contributed by atoms with Gasteiger partial charge in [-0.1, -0.05) is 38.2 Å². The molecule has 1 atom stereocenters. The average molecular weight is 265 g/mol. The van der Waals surface area contributed by atoms with Gasteiger partial charge in [0.05, 0.1) is 0 Å². The van der Waals surface area contributed by atoms with Crippen molar-refractivity contribution >= 4 is 0 Å². The van der Waals surface area contributed by atoms with E-state index in [0.29, 0.717) is 5.56 Å². The zero-order chi connectivity index (χ0) is 13.7. The van der Waals surface area contributed by atoms with Crippen molar-refractivity contribution in [2.75, 3.05) is 6.54 Å². The van der Waals surface area contributed by atoms with Gasteiger partial charge < -0.3 is 10.4 Å². The molecule has 0 spiro atoms. The van der Waals surface area contributed by atoms with E-state index in [-0.39, 0.29) is 17.6 Å². The molecule has 2 rings (SSSR count). The third-order valence-corrected chi connectivity index (χ3v) is 4.18. The summed E-state index contributed by atoms with van der Waals surface area (Å²) in [5.74, 6) is 0.492. The molecule has 19 heavy (non-hydrogen) atoms. The Balaban J connectivity index is 1.78. The molecule has 2 nitrogen and oxygen atoms in total. The largest absolute Gasteiger partial charge is 0.508 e. The maximum Gasteiger partial charge on any atom is 0.131 e. The van der Waals surface area contributed by atoms with Crippen LogP contribution < -0.4 is 5.32 Å². The van der Waals surface area contributed by atoms with E-state index in [1.807, 2.05) is 6.92 Å². The summed E-state index contributed by atoms with van der Waals surface area (Å²) in [5.41, 5.74) is 0.626. The van der Waals surface area contributed by atoms with Crippen LogP contribution in [0.3, 0.4) is 0 Å². The molecule has 1 aromatic rings. The number of phenols is 1. The molecule has 0 radical (unpaired) electrons. The molecule has 1 saturated carbocycles. The van der Waals surface area contributed by atoms with E-state index >= 15 is 0 Å². The normalized spacial score (nSPS) is 18.4. The summed E-state index contributed by atoms with van der Waals surface area (Å²) >= 11 is 0. The van der Waals surface area contributed by atoms with E-state index in [2.05, 4.69) is 5.32 Å². The number of rotatable bonds is 5. The lowest BCUT2D eigenvalue weighted by atomic mass is 9.87. The fraction of sp³-hybridized carbons (Fsp3) is 0.625. The van der Waals surface area contributed by atoms with Gasteiger partial charge in [-0.15, -0.1) is 0 Å². The lowest BCUT2D eigenvalue weighted by Gasteiger charge is -2.23. The first-order chi connectivity index (χ1) is 9.16. The SMILES string of the molecule is CC(NCCC1CCCCC1)c1ccc(O)cc1F. The summed E-state index contributed by atoms with van der Waals surface area (Å²) in [4.78, 5) is 0. The predicted octanol–water partition coefficient (Wildman–Crippen LogP) is 4.15. The lowest BCUT2D eigenvalue weighted by Crippen LogP contribution is -2.23. The van der Waals surface area contributed by atoms with Gasteiger partial charge in [-0.3, -0.25) is 0 Å². The molecule has 1 aliphatic rings. The first-order valence-electron chi connectivity index (χ1n) is 7.38. The predicted molar refractivity (Wildman–Crippen MR) is 75.7 cm³/mol. The molecule has 0 saturated heterocycles. The molecule has 106 valence electrons. The number of hydrogen-bond donors (Lipinski definition) is 2. The van der Waals surface area contributed by atoms with Crippen molar-refractivity contribution < 1.29 is 9.50 Å². The minimum absolute atomic E-state index is 0.0100. The molecule has 3 heteroatoms. The number of halogens is 1. The third kappa shape index (κ3) is 4.20. The minimum atomic E-state index is -0.335. The Kier molecular flexibility index (Phi) is 5.20. The summed E-state index contributed by atoms with van der Waals surface area (Å²) in [6, 6.07) is 4.36. The van der Waals surface area contributed by atoms with Gasteiger partial charge in [0.1, 0.15) is 11.6 Å². The van der Waals surface area contributed by atoms with Crippen LogP contribution in [0.5, 0.6) is 5.75 Å². The van der Waals surface area contributed by atoms with Gasteiger partial charge >= 0.3 is 0 Å². The Morgan fingerprint density at radius 3 is 2.74 bits per heavy atom. The van der Waals surface area contributed by atoms with E-state index in [1.165, 1.54) is 50.7 Å². The highest BCUT2D eigenvalue weighted by Gasteiger charge is 2.15. The van der Waals surface area contributed by atoms with Crippen LogP contribution in [-0.4, -0.2) is 11.7 Å². The third-order valence-electron chi connectivity index (χ3n) is 4.18. The number of benzene rings is 1. The molecule has 0 bridgehead atoms. The number of phenolic OH excluding ortho intramolecular Hbond substituents is 1. The molecule has 0 heterocycles. The van der Waals surface area contributed by atoms with Crippen molar-refractivity contribution in [3.05, 3.63) is 29.6 Å². The summed E-state index contributed by atoms with van der Waals surface area (Å²) < 4.78 is 13.7. The Hall–Kier alpha value is -1.09. The second-order valence-corrected chi connectivity index (χ2v) is 5.67. The number of hydrogen-bond acceptors (Lipinski definition) is 2. The van der Waals surface area contributed by atoms with Crippen molar-refractivity contribution in [1.82, 2.24) is 5.32 Å². The van der Waals surface area contributed by atoms with Crippen LogP contribution in [0.15, 0.2) is 18.2 Å². The number of nitrogens with one attached hydrogen (secondary N) is 1. The van der Waals surface area contributed by atoms with E-state index in [0.717, 1.165) is 12.5 Å². The Bertz CT molecular complexity index is 402. The quantitative estimate of drug-likeness (QED) is 0.838. The molecule has 0 aliphatic heterocycles. The summed E-state index contributed by atoms with van der Waals surface area (Å²) in [7, 11) is 0. The second kappa shape index (κ2) is 6.90. The van der Waals surface area contributed by atoms with E-state index in [1.54, 1.807) is 6.07 Å². The van der Waals surface area contributed by atoms with Crippen molar-refractivity contribution in [3.63, 3.8) is 0 Å². The minimum Gasteiger partial charge on any atom is -0.508 e. The average Bonchev–Trinajstić information content (AvgIpc) is 2.39. The molecule has 0 amide bonds. The van der Waals surface area contributed by atoms with E-state index in [9.17, 15) is 9.50 Å². The van der Waals surface area contributed by atoms with Gasteiger partial charge in [-0.05, 0) is 31.9 Å². The van der Waals surface area contributed by atoms with Crippen LogP contribution in [0.1, 0.15) is 57.1 Å². The standard InChI is InChI=1S/C16H24FNO/c1-12(15-8-7-14(19)11-16(15)17)18-10-9-13-5-3-2-4-6-13/h7-8,11-13,18-19H,2-6,9-10H2,1H3. The van der Waals surface area contributed by atoms with Crippen molar-refractivity contribution in [1.29, 1.82) is 0 Å². The summed E-state index contributed by atoms with van der Waals surface area (Å²) in [6.45, 7) is 2.91. The Labute approximate surface area is 115 Å². The molecule has 1 aromatic carbocycles. The maximum atomic E-state index is 13.7. The lowest BCUT2D eigenvalue weighted by molar-refractivity contribution is 0.329. The van der Waals surface area contributed by atoms with Crippen molar-refractivity contribution in [2.24, 2.45) is 5.92 Å². The van der Waals surface area contributed by atoms with Crippen LogP contribution in [0.4, 0.5) is 4.39 Å². The highest BCUT2D eigenvalue weighted by Crippen LogP contribution is 2.26.